The van der Waals surface area contributed by atoms with E-state index in [0.717, 1.165) is 24.6 Å². The van der Waals surface area contributed by atoms with Crippen molar-refractivity contribution in [3.05, 3.63) is 106 Å². The second kappa shape index (κ2) is 12.4. The van der Waals surface area contributed by atoms with E-state index < -0.39 is 17.5 Å². The van der Waals surface area contributed by atoms with Gasteiger partial charge < -0.3 is 15.5 Å². The van der Waals surface area contributed by atoms with Gasteiger partial charge in [0.2, 0.25) is 5.82 Å². The van der Waals surface area contributed by atoms with Crippen molar-refractivity contribution >= 4 is 16.8 Å². The molecule has 1 amide bonds. The molecule has 8 heteroatoms. The molecule has 4 aromatic rings. The van der Waals surface area contributed by atoms with Gasteiger partial charge in [-0.2, -0.15) is 4.39 Å². The van der Waals surface area contributed by atoms with Gasteiger partial charge in [-0.3, -0.25) is 14.6 Å². The zero-order valence-corrected chi connectivity index (χ0v) is 19.3. The predicted molar refractivity (Wildman–Crippen MR) is 131 cm³/mol. The van der Waals surface area contributed by atoms with Crippen LogP contribution in [-0.2, 0) is 0 Å². The van der Waals surface area contributed by atoms with Crippen molar-refractivity contribution in [2.24, 2.45) is 5.73 Å². The van der Waals surface area contributed by atoms with E-state index in [1.807, 2.05) is 36.4 Å². The summed E-state index contributed by atoms with van der Waals surface area (Å²) in [6.45, 7) is 0. The largest absolute Gasteiger partial charge is 0.494 e. The van der Waals surface area contributed by atoms with Gasteiger partial charge in [0, 0.05) is 18.0 Å². The van der Waals surface area contributed by atoms with Gasteiger partial charge in [0.15, 0.2) is 17.0 Å². The number of nitrogens with two attached hydrogens (primary N) is 1. The lowest BCUT2D eigenvalue weighted by molar-refractivity contribution is 0.0997. The van der Waals surface area contributed by atoms with Crippen LogP contribution < -0.4 is 15.9 Å². The maximum Gasteiger partial charge on any atom is 0.268 e. The highest BCUT2D eigenvalue weighted by atomic mass is 19.2. The van der Waals surface area contributed by atoms with E-state index in [4.69, 9.17) is 5.73 Å². The third-order valence-corrected chi connectivity index (χ3v) is 5.59. The van der Waals surface area contributed by atoms with Gasteiger partial charge in [-0.1, -0.05) is 55.3 Å². The number of primary amides is 1. The van der Waals surface area contributed by atoms with Crippen molar-refractivity contribution in [2.75, 3.05) is 7.11 Å². The Morgan fingerprint density at radius 2 is 1.66 bits per heavy atom. The molecule has 1 aliphatic rings. The number of hydrogen-bond acceptors (Lipinski definition) is 4. The standard InChI is InChI=1S/C14H15N3O2.C7H6F2O.C6H6/c15-14(19)13-12-9(5-6-16-13)17-10(7-11(12)18)8-3-1-2-4-8;1-10-6-4-2-3-5(8)7(6)9;1-2-4-6-5-3-1/h5-8H,1-4H2,(H2,15,19)(H,17,18);2-4H,1H3;1-6H. The number of fused-ring (bicyclic) bond motifs is 1. The number of hydrogen-bond donors (Lipinski definition) is 2. The number of benzene rings is 2. The molecule has 3 N–H and O–H groups in total. The molecule has 35 heavy (non-hydrogen) atoms. The van der Waals surface area contributed by atoms with Gasteiger partial charge >= 0.3 is 0 Å². The van der Waals surface area contributed by atoms with E-state index in [-0.39, 0.29) is 22.3 Å². The molecule has 0 saturated heterocycles. The lowest BCUT2D eigenvalue weighted by Crippen LogP contribution is -2.18. The van der Waals surface area contributed by atoms with E-state index in [2.05, 4.69) is 14.7 Å². The molecule has 0 atom stereocenters. The van der Waals surface area contributed by atoms with Crippen molar-refractivity contribution in [3.63, 3.8) is 0 Å². The van der Waals surface area contributed by atoms with Crippen LogP contribution in [0.3, 0.4) is 0 Å². The third kappa shape index (κ3) is 6.72. The van der Waals surface area contributed by atoms with Crippen LogP contribution in [0, 0.1) is 11.6 Å². The minimum atomic E-state index is -0.940. The molecule has 2 aromatic carbocycles. The number of aromatic amines is 1. The number of aromatic nitrogens is 2. The molecule has 0 bridgehead atoms. The number of ether oxygens (including phenoxy) is 1. The van der Waals surface area contributed by atoms with Crippen LogP contribution in [0.1, 0.15) is 47.8 Å². The Balaban J connectivity index is 0.000000178. The lowest BCUT2D eigenvalue weighted by atomic mass is 10.0. The molecule has 5 rings (SSSR count). The smallest absolute Gasteiger partial charge is 0.268 e. The monoisotopic (exact) mass is 479 g/mol. The average Bonchev–Trinajstić information content (AvgIpc) is 3.42. The molecule has 1 aliphatic carbocycles. The summed E-state index contributed by atoms with van der Waals surface area (Å²) in [5, 5.41) is 0.289. The Labute approximate surface area is 201 Å². The van der Waals surface area contributed by atoms with Crippen LogP contribution in [0.5, 0.6) is 5.75 Å². The summed E-state index contributed by atoms with van der Waals surface area (Å²) < 4.78 is 29.3. The summed E-state index contributed by atoms with van der Waals surface area (Å²) in [7, 11) is 1.29. The number of nitrogens with zero attached hydrogens (tertiary/aromatic N) is 1. The highest BCUT2D eigenvalue weighted by Crippen LogP contribution is 2.33. The first kappa shape index (κ1) is 25.6. The summed E-state index contributed by atoms with van der Waals surface area (Å²) in [4.78, 5) is 30.7. The SMILES string of the molecule is COc1cccc(F)c1F.NC(=O)c1nccc2[nH]c(C3CCCC3)cc(=O)c12.c1ccccc1. The maximum absolute atomic E-state index is 12.5. The number of amides is 1. The molecular formula is C27H27F2N3O3. The number of carbonyl (C=O) groups is 1. The molecule has 1 saturated carbocycles. The molecule has 0 unspecified atom stereocenters. The first-order valence-corrected chi connectivity index (χ1v) is 11.2. The number of pyridine rings is 2. The number of methoxy groups -OCH3 is 1. The molecule has 1 fully saturated rings. The van der Waals surface area contributed by atoms with Gasteiger partial charge in [0.1, 0.15) is 5.69 Å². The van der Waals surface area contributed by atoms with E-state index in [9.17, 15) is 18.4 Å². The summed E-state index contributed by atoms with van der Waals surface area (Å²) in [6, 6.07) is 19.1. The third-order valence-electron chi connectivity index (χ3n) is 5.59. The fourth-order valence-corrected chi connectivity index (χ4v) is 3.89. The van der Waals surface area contributed by atoms with Crippen molar-refractivity contribution in [3.8, 4) is 5.75 Å². The fraction of sp³-hybridized carbons (Fsp3) is 0.222. The van der Waals surface area contributed by atoms with Gasteiger partial charge in [-0.05, 0) is 37.0 Å². The van der Waals surface area contributed by atoms with E-state index >= 15 is 0 Å². The number of H-pyrrole nitrogens is 1. The van der Waals surface area contributed by atoms with Gasteiger partial charge in [0.25, 0.3) is 5.91 Å². The Kier molecular flexibility index (Phi) is 9.06. The van der Waals surface area contributed by atoms with Gasteiger partial charge in [0.05, 0.1) is 18.0 Å². The normalized spacial score (nSPS) is 12.8. The second-order valence-electron chi connectivity index (χ2n) is 7.93. The molecule has 2 aromatic heterocycles. The molecule has 0 radical (unpaired) electrons. The van der Waals surface area contributed by atoms with Crippen LogP contribution in [0.15, 0.2) is 77.7 Å². The van der Waals surface area contributed by atoms with Crippen molar-refractivity contribution in [1.82, 2.24) is 9.97 Å². The van der Waals surface area contributed by atoms with Crippen LogP contribution in [0.4, 0.5) is 8.78 Å². The average molecular weight is 480 g/mol. The lowest BCUT2D eigenvalue weighted by Gasteiger charge is -2.11. The zero-order chi connectivity index (χ0) is 25.2. The second-order valence-corrected chi connectivity index (χ2v) is 7.93. The summed E-state index contributed by atoms with van der Waals surface area (Å²) in [5.41, 5.74) is 6.70. The van der Waals surface area contributed by atoms with E-state index in [0.29, 0.717) is 11.4 Å². The number of halogens is 2. The maximum atomic E-state index is 12.5. The number of carbonyl (C=O) groups excluding carboxylic acids is 1. The molecule has 182 valence electrons. The summed E-state index contributed by atoms with van der Waals surface area (Å²) in [5.74, 6) is -2.16. The van der Waals surface area contributed by atoms with Gasteiger partial charge in [-0.15, -0.1) is 0 Å². The molecule has 2 heterocycles. The minimum absolute atomic E-state index is 0.0386. The molecule has 6 nitrogen and oxygen atoms in total. The van der Waals surface area contributed by atoms with Crippen LogP contribution >= 0.6 is 0 Å². The Hall–Kier alpha value is -4.07. The van der Waals surface area contributed by atoms with Crippen LogP contribution in [0.2, 0.25) is 0 Å². The summed E-state index contributed by atoms with van der Waals surface area (Å²) in [6.07, 6.45) is 6.11. The van der Waals surface area contributed by atoms with Crippen LogP contribution in [0.25, 0.3) is 10.9 Å². The quantitative estimate of drug-likeness (QED) is 0.414. The van der Waals surface area contributed by atoms with Crippen molar-refractivity contribution in [1.29, 1.82) is 0 Å². The fourth-order valence-electron chi connectivity index (χ4n) is 3.89. The van der Waals surface area contributed by atoms with Gasteiger partial charge in [-0.25, -0.2) is 4.39 Å². The van der Waals surface area contributed by atoms with Crippen molar-refractivity contribution < 1.29 is 18.3 Å². The van der Waals surface area contributed by atoms with E-state index in [1.165, 1.54) is 38.3 Å². The highest BCUT2D eigenvalue weighted by molar-refractivity contribution is 6.03. The first-order chi connectivity index (χ1) is 16.9. The van der Waals surface area contributed by atoms with Crippen LogP contribution in [-0.4, -0.2) is 23.0 Å². The molecule has 0 aliphatic heterocycles. The molecular weight excluding hydrogens is 452 g/mol. The molecule has 0 spiro atoms. The number of nitrogens with one attached hydrogen (secondary N) is 1. The van der Waals surface area contributed by atoms with E-state index in [1.54, 1.807) is 12.1 Å². The topological polar surface area (TPSA) is 98.1 Å². The summed E-state index contributed by atoms with van der Waals surface area (Å²) >= 11 is 0. The van der Waals surface area contributed by atoms with Crippen molar-refractivity contribution in [2.45, 2.75) is 31.6 Å². The predicted octanol–water partition coefficient (Wildman–Crippen LogP) is 5.34. The Morgan fingerprint density at radius 3 is 2.20 bits per heavy atom. The number of rotatable bonds is 3. The first-order valence-electron chi connectivity index (χ1n) is 11.2. The Bertz CT molecular complexity index is 1290. The Morgan fingerprint density at radius 1 is 1.03 bits per heavy atom. The minimum Gasteiger partial charge on any atom is -0.494 e. The zero-order valence-electron chi connectivity index (χ0n) is 19.3. The highest BCUT2D eigenvalue weighted by Gasteiger charge is 2.20.